The first-order chi connectivity index (χ1) is 10.3. The summed E-state index contributed by atoms with van der Waals surface area (Å²) in [6.45, 7) is 1.38. The Kier molecular flexibility index (Phi) is 5.70. The molecular weight excluding hydrogens is 292 g/mol. The molecule has 1 aliphatic heterocycles. The lowest BCUT2D eigenvalue weighted by Gasteiger charge is -2.24. The third-order valence-electron chi connectivity index (χ3n) is 3.11. The average molecular weight is 309 g/mol. The van der Waals surface area contributed by atoms with Crippen molar-refractivity contribution >= 4 is 23.2 Å². The maximum atomic E-state index is 12.3. The molecule has 2 rings (SSSR count). The molecule has 0 spiro atoms. The highest BCUT2D eigenvalue weighted by molar-refractivity contribution is 6.18. The van der Waals surface area contributed by atoms with E-state index in [2.05, 4.69) is 6.07 Å². The highest BCUT2D eigenvalue weighted by Crippen LogP contribution is 2.34. The van der Waals surface area contributed by atoms with Crippen LogP contribution >= 0.6 is 11.6 Å². The summed E-state index contributed by atoms with van der Waals surface area (Å²) in [5, 5.41) is 8.76. The molecule has 0 radical (unpaired) electrons. The zero-order valence-electron chi connectivity index (χ0n) is 11.7. The number of halogens is 1. The lowest BCUT2D eigenvalue weighted by atomic mass is 10.2. The van der Waals surface area contributed by atoms with E-state index in [1.54, 1.807) is 17.0 Å². The molecule has 1 aromatic carbocycles. The molecule has 0 atom stereocenters. The molecule has 0 saturated heterocycles. The van der Waals surface area contributed by atoms with Gasteiger partial charge in [0.05, 0.1) is 12.5 Å². The Balaban J connectivity index is 2.19. The van der Waals surface area contributed by atoms with Crippen LogP contribution < -0.4 is 14.4 Å². The first-order valence-electron chi connectivity index (χ1n) is 6.89. The number of benzene rings is 1. The van der Waals surface area contributed by atoms with Gasteiger partial charge in [0.1, 0.15) is 13.2 Å². The highest BCUT2D eigenvalue weighted by Gasteiger charge is 2.18. The van der Waals surface area contributed by atoms with E-state index < -0.39 is 0 Å². The quantitative estimate of drug-likeness (QED) is 0.758. The van der Waals surface area contributed by atoms with Gasteiger partial charge in [0, 0.05) is 30.6 Å². The van der Waals surface area contributed by atoms with Gasteiger partial charge in [-0.05, 0) is 18.6 Å². The second-order valence-corrected chi connectivity index (χ2v) is 4.95. The molecule has 0 aliphatic carbocycles. The van der Waals surface area contributed by atoms with Crippen molar-refractivity contribution in [2.75, 3.05) is 30.5 Å². The Morgan fingerprint density at radius 3 is 2.81 bits per heavy atom. The minimum atomic E-state index is -0.0393. The number of amides is 1. The minimum absolute atomic E-state index is 0.0393. The van der Waals surface area contributed by atoms with Gasteiger partial charge in [-0.25, -0.2) is 0 Å². The monoisotopic (exact) mass is 308 g/mol. The van der Waals surface area contributed by atoms with E-state index in [0.29, 0.717) is 55.7 Å². The first-order valence-corrected chi connectivity index (χ1v) is 7.42. The molecule has 112 valence electrons. The van der Waals surface area contributed by atoms with Crippen LogP contribution in [0.15, 0.2) is 18.2 Å². The summed E-state index contributed by atoms with van der Waals surface area (Å²) in [5.41, 5.74) is 0.717. The number of hydrogen-bond donors (Lipinski definition) is 0. The Morgan fingerprint density at radius 2 is 2.10 bits per heavy atom. The van der Waals surface area contributed by atoms with Gasteiger partial charge in [-0.1, -0.05) is 0 Å². The summed E-state index contributed by atoms with van der Waals surface area (Å²) < 4.78 is 11.0. The molecule has 6 heteroatoms. The lowest BCUT2D eigenvalue weighted by Crippen LogP contribution is -2.31. The summed E-state index contributed by atoms with van der Waals surface area (Å²) in [6.07, 6.45) is 1.26. The molecule has 1 heterocycles. The number of rotatable bonds is 6. The van der Waals surface area contributed by atoms with E-state index in [0.717, 1.165) is 0 Å². The van der Waals surface area contributed by atoms with E-state index in [1.165, 1.54) is 0 Å². The van der Waals surface area contributed by atoms with Crippen LogP contribution in [0, 0.1) is 11.3 Å². The summed E-state index contributed by atoms with van der Waals surface area (Å²) in [7, 11) is 0. The van der Waals surface area contributed by atoms with Gasteiger partial charge in [-0.2, -0.15) is 5.26 Å². The number of anilines is 1. The van der Waals surface area contributed by atoms with Gasteiger partial charge in [-0.3, -0.25) is 4.79 Å². The molecule has 0 unspecified atom stereocenters. The Bertz CT molecular complexity index is 542. The van der Waals surface area contributed by atoms with Gasteiger partial charge >= 0.3 is 0 Å². The van der Waals surface area contributed by atoms with Crippen LogP contribution in [0.25, 0.3) is 0 Å². The van der Waals surface area contributed by atoms with Crippen molar-refractivity contribution in [2.24, 2.45) is 0 Å². The van der Waals surface area contributed by atoms with Crippen molar-refractivity contribution in [1.82, 2.24) is 0 Å². The van der Waals surface area contributed by atoms with Crippen LogP contribution in [0.5, 0.6) is 11.5 Å². The molecule has 0 N–H and O–H groups in total. The van der Waals surface area contributed by atoms with E-state index >= 15 is 0 Å². The average Bonchev–Trinajstić information content (AvgIpc) is 2.53. The molecule has 0 bridgehead atoms. The fraction of sp³-hybridized carbons (Fsp3) is 0.467. The largest absolute Gasteiger partial charge is 0.486 e. The van der Waals surface area contributed by atoms with Crippen LogP contribution in [0.4, 0.5) is 5.69 Å². The van der Waals surface area contributed by atoms with Crippen LogP contribution in [-0.4, -0.2) is 31.5 Å². The normalized spacial score (nSPS) is 12.6. The first kappa shape index (κ1) is 15.5. The van der Waals surface area contributed by atoms with Crippen molar-refractivity contribution in [2.45, 2.75) is 19.3 Å². The summed E-state index contributed by atoms with van der Waals surface area (Å²) in [4.78, 5) is 13.9. The van der Waals surface area contributed by atoms with Crippen LogP contribution in [0.3, 0.4) is 0 Å². The molecule has 21 heavy (non-hydrogen) atoms. The van der Waals surface area contributed by atoms with Crippen LogP contribution in [0.2, 0.25) is 0 Å². The smallest absolute Gasteiger partial charge is 0.227 e. The lowest BCUT2D eigenvalue weighted by molar-refractivity contribution is -0.118. The zero-order valence-corrected chi connectivity index (χ0v) is 12.4. The Hall–Kier alpha value is -1.93. The molecule has 5 nitrogen and oxygen atoms in total. The second kappa shape index (κ2) is 7.75. The summed E-state index contributed by atoms with van der Waals surface area (Å²) >= 11 is 5.64. The van der Waals surface area contributed by atoms with Gasteiger partial charge in [0.15, 0.2) is 11.5 Å². The maximum absolute atomic E-state index is 12.3. The third kappa shape index (κ3) is 4.02. The Labute approximate surface area is 129 Å². The van der Waals surface area contributed by atoms with E-state index in [4.69, 9.17) is 26.3 Å². The van der Waals surface area contributed by atoms with Gasteiger partial charge < -0.3 is 14.4 Å². The third-order valence-corrected chi connectivity index (χ3v) is 3.38. The number of ether oxygens (including phenoxy) is 2. The number of carbonyl (C=O) groups excluding carboxylic acids is 1. The van der Waals surface area contributed by atoms with Crippen LogP contribution in [-0.2, 0) is 4.79 Å². The van der Waals surface area contributed by atoms with Crippen LogP contribution in [0.1, 0.15) is 19.3 Å². The topological polar surface area (TPSA) is 62.6 Å². The molecule has 1 aliphatic rings. The standard InChI is InChI=1S/C15H17ClN2O3/c16-6-1-3-15(19)18(8-2-7-17)12-4-5-13-14(11-12)21-10-9-20-13/h4-5,11H,1-3,6,8-10H2. The molecule has 0 saturated carbocycles. The summed E-state index contributed by atoms with van der Waals surface area (Å²) in [5.74, 6) is 1.71. The highest BCUT2D eigenvalue weighted by atomic mass is 35.5. The van der Waals surface area contributed by atoms with Crippen molar-refractivity contribution in [3.63, 3.8) is 0 Å². The number of carbonyl (C=O) groups is 1. The number of hydrogen-bond acceptors (Lipinski definition) is 4. The predicted molar refractivity (Wildman–Crippen MR) is 80.0 cm³/mol. The van der Waals surface area contributed by atoms with Gasteiger partial charge in [0.25, 0.3) is 0 Å². The molecule has 0 aromatic heterocycles. The zero-order chi connectivity index (χ0) is 15.1. The predicted octanol–water partition coefficient (Wildman–Crippen LogP) is 2.72. The summed E-state index contributed by atoms with van der Waals surface area (Å²) in [6, 6.07) is 7.45. The van der Waals surface area contributed by atoms with E-state index in [-0.39, 0.29) is 12.3 Å². The van der Waals surface area contributed by atoms with Crippen molar-refractivity contribution in [3.8, 4) is 17.6 Å². The van der Waals surface area contributed by atoms with Crippen molar-refractivity contribution in [1.29, 1.82) is 5.26 Å². The number of nitrogens with zero attached hydrogens (tertiary/aromatic N) is 2. The molecule has 1 amide bonds. The maximum Gasteiger partial charge on any atom is 0.227 e. The molecule has 1 aromatic rings. The second-order valence-electron chi connectivity index (χ2n) is 4.57. The number of nitriles is 1. The Morgan fingerprint density at radius 1 is 1.33 bits per heavy atom. The van der Waals surface area contributed by atoms with Gasteiger partial charge in [0.2, 0.25) is 5.91 Å². The van der Waals surface area contributed by atoms with Crippen molar-refractivity contribution < 1.29 is 14.3 Å². The van der Waals surface area contributed by atoms with E-state index in [9.17, 15) is 4.79 Å². The minimum Gasteiger partial charge on any atom is -0.486 e. The fourth-order valence-electron chi connectivity index (χ4n) is 2.11. The van der Waals surface area contributed by atoms with Gasteiger partial charge in [-0.15, -0.1) is 11.6 Å². The fourth-order valence-corrected chi connectivity index (χ4v) is 2.25. The molecule has 0 fully saturated rings. The number of alkyl halides is 1. The number of fused-ring (bicyclic) bond motifs is 1. The SMILES string of the molecule is N#CCCN(C(=O)CCCCl)c1ccc2c(c1)OCCO2. The van der Waals surface area contributed by atoms with E-state index in [1.807, 2.05) is 6.07 Å². The molecular formula is C15H17ClN2O3. The van der Waals surface area contributed by atoms with Crippen molar-refractivity contribution in [3.05, 3.63) is 18.2 Å².